The van der Waals surface area contributed by atoms with Gasteiger partial charge in [0, 0.05) is 12.1 Å². The predicted octanol–water partition coefficient (Wildman–Crippen LogP) is 4.72. The Kier molecular flexibility index (Phi) is 7.01. The lowest BCUT2D eigenvalue weighted by Gasteiger charge is -2.16. The molecule has 0 aromatic carbocycles. The summed E-state index contributed by atoms with van der Waals surface area (Å²) in [5.74, 6) is 0.413. The Balaban J connectivity index is 1.64. The molecule has 2 unspecified atom stereocenters. The van der Waals surface area contributed by atoms with E-state index >= 15 is 0 Å². The van der Waals surface area contributed by atoms with Gasteiger partial charge in [0.2, 0.25) is 0 Å². The van der Waals surface area contributed by atoms with Gasteiger partial charge in [-0.1, -0.05) is 36.5 Å². The highest BCUT2D eigenvalue weighted by Gasteiger charge is 2.33. The Bertz CT molecular complexity index is 955. The number of methoxy groups -OCH3 is 1. The number of ether oxygens (including phenoxy) is 2. The van der Waals surface area contributed by atoms with Crippen molar-refractivity contribution in [1.82, 2.24) is 10.3 Å². The molecule has 3 rings (SSSR count). The van der Waals surface area contributed by atoms with E-state index in [4.69, 9.17) is 9.47 Å². The van der Waals surface area contributed by atoms with Crippen molar-refractivity contribution >= 4 is 6.09 Å². The third-order valence-corrected chi connectivity index (χ3v) is 4.76. The lowest BCUT2D eigenvalue weighted by molar-refractivity contribution is 0.155. The van der Waals surface area contributed by atoms with Crippen molar-refractivity contribution in [2.45, 2.75) is 31.9 Å². The molecule has 1 aromatic heterocycles. The summed E-state index contributed by atoms with van der Waals surface area (Å²) in [5, 5.41) is 2.81. The molecule has 0 bridgehead atoms. The number of pyridine rings is 1. The van der Waals surface area contributed by atoms with E-state index < -0.39 is 12.2 Å². The maximum Gasteiger partial charge on any atom is 0.408 e. The number of cyclic esters (lactones) is 1. The second-order valence-corrected chi connectivity index (χ2v) is 7.18. The van der Waals surface area contributed by atoms with Crippen LogP contribution in [0.25, 0.3) is 0 Å². The Morgan fingerprint density at radius 1 is 1.47 bits per heavy atom. The van der Waals surface area contributed by atoms with Gasteiger partial charge in [-0.25, -0.2) is 9.18 Å². The summed E-state index contributed by atoms with van der Waals surface area (Å²) in [6, 6.07) is 2.72. The minimum atomic E-state index is -0.465. The van der Waals surface area contributed by atoms with Gasteiger partial charge in [0.05, 0.1) is 19.3 Å². The largest absolute Gasteiger partial charge is 0.497 e. The fraction of sp³-hybridized carbons (Fsp3) is 0.250. The van der Waals surface area contributed by atoms with E-state index in [9.17, 15) is 9.18 Å². The molecular weight excluding hydrogens is 383 g/mol. The fourth-order valence-electron chi connectivity index (χ4n) is 3.22. The van der Waals surface area contributed by atoms with Gasteiger partial charge in [0.15, 0.2) is 0 Å². The van der Waals surface area contributed by atoms with E-state index in [1.54, 1.807) is 13.2 Å². The van der Waals surface area contributed by atoms with Crippen molar-refractivity contribution in [3.63, 3.8) is 0 Å². The van der Waals surface area contributed by atoms with Gasteiger partial charge in [-0.2, -0.15) is 0 Å². The minimum Gasteiger partial charge on any atom is -0.497 e. The fourth-order valence-corrected chi connectivity index (χ4v) is 3.22. The van der Waals surface area contributed by atoms with Gasteiger partial charge in [-0.15, -0.1) is 0 Å². The molecule has 5 nitrogen and oxygen atoms in total. The number of aromatic nitrogens is 1. The molecule has 1 amide bonds. The molecule has 1 N–H and O–H groups in total. The number of carbonyl (C=O) groups excluding carboxylic acids is 1. The Morgan fingerprint density at radius 2 is 2.30 bits per heavy atom. The molecule has 1 aromatic rings. The van der Waals surface area contributed by atoms with Gasteiger partial charge >= 0.3 is 6.09 Å². The van der Waals surface area contributed by atoms with E-state index in [2.05, 4.69) is 16.9 Å². The zero-order valence-corrected chi connectivity index (χ0v) is 17.1. The van der Waals surface area contributed by atoms with Crippen molar-refractivity contribution in [2.75, 3.05) is 7.11 Å². The molecule has 2 atom stereocenters. The molecule has 2 aliphatic rings. The van der Waals surface area contributed by atoms with E-state index in [1.807, 2.05) is 49.5 Å². The van der Waals surface area contributed by atoms with Crippen LogP contribution in [0.15, 0.2) is 89.9 Å². The maximum absolute atomic E-state index is 13.0. The van der Waals surface area contributed by atoms with Crippen LogP contribution < -0.4 is 5.32 Å². The van der Waals surface area contributed by atoms with Crippen LogP contribution in [0.5, 0.6) is 0 Å². The first-order chi connectivity index (χ1) is 14.4. The van der Waals surface area contributed by atoms with Crippen LogP contribution in [0.2, 0.25) is 0 Å². The number of carbonyl (C=O) groups is 1. The molecule has 0 radical (unpaired) electrons. The third kappa shape index (κ3) is 5.80. The summed E-state index contributed by atoms with van der Waals surface area (Å²) in [5.41, 5.74) is 3.61. The molecule has 1 fully saturated rings. The number of nitrogens with one attached hydrogen (secondary N) is 1. The second-order valence-electron chi connectivity index (χ2n) is 7.18. The topological polar surface area (TPSA) is 60.5 Å². The number of allylic oxidation sites excluding steroid dienone is 7. The van der Waals surface area contributed by atoms with E-state index in [0.29, 0.717) is 6.42 Å². The van der Waals surface area contributed by atoms with Crippen LogP contribution in [0.1, 0.15) is 19.0 Å². The standard InChI is InChI=1S/C24H25FN2O3/c1-16(12-20-11-10-19(25)15-26-20)6-4-7-17(2)23-22(30-24(28)27-23)14-18-8-5-9-21(13-18)29-3/h4-7,9-11,13-15,22-23H,2,8,12H2,1,3H3,(H,27,28). The van der Waals surface area contributed by atoms with Crippen LogP contribution in [0, 0.1) is 5.82 Å². The molecule has 1 saturated heterocycles. The second kappa shape index (κ2) is 9.87. The van der Waals surface area contributed by atoms with E-state index in [1.165, 1.54) is 12.3 Å². The lowest BCUT2D eigenvalue weighted by Crippen LogP contribution is -2.31. The number of hydrogen-bond acceptors (Lipinski definition) is 4. The maximum atomic E-state index is 13.0. The number of hydrogen-bond donors (Lipinski definition) is 1. The van der Waals surface area contributed by atoms with Crippen molar-refractivity contribution < 1.29 is 18.7 Å². The molecule has 1 aliphatic heterocycles. The Labute approximate surface area is 176 Å². The lowest BCUT2D eigenvalue weighted by atomic mass is 9.98. The quantitative estimate of drug-likeness (QED) is 0.664. The average Bonchev–Trinajstić information content (AvgIpc) is 3.10. The van der Waals surface area contributed by atoms with Gasteiger partial charge in [0.1, 0.15) is 17.7 Å². The SMILES string of the molecule is C=C(C=CC=C(C)Cc1ccc(F)cn1)C1NC(=O)OC1C=C1C=C(OC)C=CC1. The normalized spacial score (nSPS) is 22.8. The molecule has 0 saturated carbocycles. The number of rotatable bonds is 7. The zero-order valence-electron chi connectivity index (χ0n) is 17.1. The van der Waals surface area contributed by atoms with Gasteiger partial charge in [-0.05, 0) is 54.9 Å². The monoisotopic (exact) mass is 408 g/mol. The average molecular weight is 408 g/mol. The first-order valence-electron chi connectivity index (χ1n) is 9.67. The molecule has 30 heavy (non-hydrogen) atoms. The predicted molar refractivity (Wildman–Crippen MR) is 114 cm³/mol. The number of amides is 1. The number of nitrogens with zero attached hydrogens (tertiary/aromatic N) is 1. The Hall–Kier alpha value is -3.41. The van der Waals surface area contributed by atoms with Crippen LogP contribution >= 0.6 is 0 Å². The van der Waals surface area contributed by atoms with Crippen molar-refractivity contribution in [2.24, 2.45) is 0 Å². The molecule has 0 spiro atoms. The molecular formula is C24H25FN2O3. The van der Waals surface area contributed by atoms with Crippen LogP contribution in [0.4, 0.5) is 9.18 Å². The molecule has 1 aliphatic carbocycles. The van der Waals surface area contributed by atoms with Crippen molar-refractivity contribution in [1.29, 1.82) is 0 Å². The highest BCUT2D eigenvalue weighted by molar-refractivity contribution is 5.72. The van der Waals surface area contributed by atoms with E-state index in [-0.39, 0.29) is 11.9 Å². The smallest absolute Gasteiger partial charge is 0.408 e. The minimum absolute atomic E-state index is 0.347. The molecule has 156 valence electrons. The molecule has 6 heteroatoms. The molecule has 2 heterocycles. The Morgan fingerprint density at radius 3 is 3.03 bits per heavy atom. The third-order valence-electron chi connectivity index (χ3n) is 4.76. The summed E-state index contributed by atoms with van der Waals surface area (Å²) < 4.78 is 23.6. The summed E-state index contributed by atoms with van der Waals surface area (Å²) in [6.07, 6.45) is 15.1. The van der Waals surface area contributed by atoms with Gasteiger partial charge < -0.3 is 14.8 Å². The first kappa shape index (κ1) is 21.3. The summed E-state index contributed by atoms with van der Waals surface area (Å²) in [4.78, 5) is 15.9. The van der Waals surface area contributed by atoms with Crippen LogP contribution in [0.3, 0.4) is 0 Å². The van der Waals surface area contributed by atoms with Gasteiger partial charge in [0.25, 0.3) is 0 Å². The summed E-state index contributed by atoms with van der Waals surface area (Å²) in [7, 11) is 1.62. The highest BCUT2D eigenvalue weighted by atomic mass is 19.1. The highest BCUT2D eigenvalue weighted by Crippen LogP contribution is 2.23. The summed E-state index contributed by atoms with van der Waals surface area (Å²) in [6.45, 7) is 6.06. The van der Waals surface area contributed by atoms with Crippen LogP contribution in [-0.2, 0) is 15.9 Å². The van der Waals surface area contributed by atoms with Crippen LogP contribution in [-0.4, -0.2) is 30.3 Å². The zero-order chi connectivity index (χ0) is 21.5. The number of alkyl carbamates (subject to hydrolysis) is 1. The van der Waals surface area contributed by atoms with Crippen molar-refractivity contribution in [3.8, 4) is 0 Å². The van der Waals surface area contributed by atoms with Gasteiger partial charge in [-0.3, -0.25) is 4.98 Å². The van der Waals surface area contributed by atoms with E-state index in [0.717, 1.165) is 34.6 Å². The van der Waals surface area contributed by atoms with Crippen molar-refractivity contribution in [3.05, 3.63) is 101 Å². The first-order valence-corrected chi connectivity index (χ1v) is 9.67. The number of halogens is 1. The summed E-state index contributed by atoms with van der Waals surface area (Å²) >= 11 is 0.